The molecule has 0 saturated heterocycles. The highest BCUT2D eigenvalue weighted by molar-refractivity contribution is 5.73. The Bertz CT molecular complexity index is 2840. The van der Waals surface area contributed by atoms with E-state index in [0.717, 1.165) is 0 Å². The first-order valence-electron chi connectivity index (χ1n) is 25.3. The Labute approximate surface area is 503 Å². The second-order valence-corrected chi connectivity index (χ2v) is 15.6. The highest BCUT2D eigenvalue weighted by atomic mass is 16.5. The van der Waals surface area contributed by atoms with E-state index in [1.54, 1.807) is 72.8 Å². The highest BCUT2D eigenvalue weighted by Gasteiger charge is 2.29. The van der Waals surface area contributed by atoms with Crippen molar-refractivity contribution in [3.05, 3.63) is 103 Å². The van der Waals surface area contributed by atoms with Gasteiger partial charge in [0, 0.05) is 72.8 Å². The van der Waals surface area contributed by atoms with Gasteiger partial charge in [0.1, 0.15) is 34.5 Å². The van der Waals surface area contributed by atoms with Gasteiger partial charge in [0.15, 0.2) is 29.9 Å². The summed E-state index contributed by atoms with van der Waals surface area (Å²) in [5, 5.41) is 52.7. The van der Waals surface area contributed by atoms with Crippen LogP contribution in [-0.2, 0) is 0 Å². The van der Waals surface area contributed by atoms with Crippen molar-refractivity contribution in [2.24, 2.45) is 0 Å². The summed E-state index contributed by atoms with van der Waals surface area (Å²) in [7, 11) is 22.4. The van der Waals surface area contributed by atoms with Crippen molar-refractivity contribution < 1.29 is 85.3 Å². The van der Waals surface area contributed by atoms with Crippen LogP contribution in [0.4, 0.5) is 34.1 Å². The average Bonchev–Trinajstić information content (AvgIpc) is 3.77. The van der Waals surface area contributed by atoms with Crippen LogP contribution in [0.15, 0.2) is 72.8 Å². The molecular formula is C57H72N12O18+6. The number of nitrogens with zero attached hydrogens (tertiary/aromatic N) is 12. The van der Waals surface area contributed by atoms with Crippen molar-refractivity contribution in [1.82, 2.24) is 0 Å². The minimum atomic E-state index is 0.246. The second kappa shape index (κ2) is 40.4. The molecule has 87 heavy (non-hydrogen) atoms. The molecule has 0 aliphatic carbocycles. The van der Waals surface area contributed by atoms with Crippen LogP contribution in [0.1, 0.15) is 20.8 Å². The quantitative estimate of drug-likeness (QED) is 0.0604. The first-order valence-corrected chi connectivity index (χ1v) is 25.3. The van der Waals surface area contributed by atoms with Crippen molar-refractivity contribution in [2.45, 2.75) is 20.8 Å². The van der Waals surface area contributed by atoms with Crippen molar-refractivity contribution in [3.8, 4) is 103 Å². The van der Waals surface area contributed by atoms with Crippen LogP contribution in [-0.4, -0.2) is 126 Å². The number of rotatable bonds is 21. The molecule has 6 aromatic rings. The lowest BCUT2D eigenvalue weighted by Crippen LogP contribution is -1.98. The SMILES string of the molecule is CCOc1cc(OCC)c([N+]#N)c(OCC)c1.COc1cc(OC)c([N+]#N)c(OC)c1.COc1cc(OC)c([N+]#N)c(OC)c1.COc1cc(OC)c([N+]#N)c(OC)c1.COc1cc(OC)c([N+]#N)c(OC)c1.COc1cc(OC)c([N+]#N)c(OC)c1. The number of diazo groups is 6. The molecule has 0 atom stereocenters. The lowest BCUT2D eigenvalue weighted by atomic mass is 10.2. The molecule has 0 heterocycles. The molecule has 462 valence electrons. The normalized spacial score (nSPS) is 9.10. The van der Waals surface area contributed by atoms with Crippen molar-refractivity contribution in [1.29, 1.82) is 32.4 Å². The van der Waals surface area contributed by atoms with E-state index in [-0.39, 0.29) is 34.1 Å². The first kappa shape index (κ1) is 73.3. The molecular weight excluding hydrogens is 1140 g/mol. The minimum Gasteiger partial charge on any atom is -0.496 e. The van der Waals surface area contributed by atoms with Crippen LogP contribution in [0.5, 0.6) is 103 Å². The lowest BCUT2D eigenvalue weighted by molar-refractivity contribution is 0.310. The number of ether oxygens (including phenoxy) is 18. The molecule has 6 rings (SSSR count). The van der Waals surface area contributed by atoms with Crippen LogP contribution in [0.25, 0.3) is 29.9 Å². The van der Waals surface area contributed by atoms with Crippen LogP contribution in [0.2, 0.25) is 0 Å². The fraction of sp³-hybridized carbons (Fsp3) is 0.368. The number of hydrogen-bond acceptors (Lipinski definition) is 24. The van der Waals surface area contributed by atoms with Gasteiger partial charge in [-0.25, -0.2) is 0 Å². The molecule has 0 saturated carbocycles. The smallest absolute Gasteiger partial charge is 0.467 e. The van der Waals surface area contributed by atoms with Crippen LogP contribution in [0, 0.1) is 32.4 Å². The third-order valence-electron chi connectivity index (χ3n) is 11.0. The Morgan fingerprint density at radius 1 is 0.207 bits per heavy atom. The van der Waals surface area contributed by atoms with E-state index in [4.69, 9.17) is 118 Å². The molecule has 0 aromatic heterocycles. The molecule has 0 unspecified atom stereocenters. The zero-order valence-electron chi connectivity index (χ0n) is 51.8. The Balaban J connectivity index is 0.000000523. The average molecular weight is 1210 g/mol. The van der Waals surface area contributed by atoms with Gasteiger partial charge in [0.05, 0.1) is 126 Å². The highest BCUT2D eigenvalue weighted by Crippen LogP contribution is 2.46. The van der Waals surface area contributed by atoms with E-state index in [1.807, 2.05) is 20.8 Å². The minimum absolute atomic E-state index is 0.246. The molecule has 0 N–H and O–H groups in total. The first-order chi connectivity index (χ1) is 42.1. The number of methoxy groups -OCH3 is 15. The fourth-order valence-electron chi connectivity index (χ4n) is 6.87. The van der Waals surface area contributed by atoms with Gasteiger partial charge in [-0.3, -0.25) is 0 Å². The van der Waals surface area contributed by atoms with E-state index >= 15 is 0 Å². The van der Waals surface area contributed by atoms with Crippen LogP contribution < -0.4 is 85.3 Å². The van der Waals surface area contributed by atoms with E-state index in [2.05, 4.69) is 29.9 Å². The molecule has 30 nitrogen and oxygen atoms in total. The van der Waals surface area contributed by atoms with Crippen LogP contribution in [0.3, 0.4) is 0 Å². The second-order valence-electron chi connectivity index (χ2n) is 15.6. The number of hydrogen-bond donors (Lipinski definition) is 0. The monoisotopic (exact) mass is 1210 g/mol. The summed E-state index contributed by atoms with van der Waals surface area (Å²) >= 11 is 0. The fourth-order valence-corrected chi connectivity index (χ4v) is 6.87. The zero-order valence-corrected chi connectivity index (χ0v) is 51.8. The van der Waals surface area contributed by atoms with E-state index in [9.17, 15) is 0 Å². The van der Waals surface area contributed by atoms with E-state index in [1.165, 1.54) is 107 Å². The van der Waals surface area contributed by atoms with Gasteiger partial charge in [-0.2, -0.15) is 0 Å². The van der Waals surface area contributed by atoms with Gasteiger partial charge in [-0.15, -0.1) is 0 Å². The van der Waals surface area contributed by atoms with E-state index < -0.39 is 0 Å². The van der Waals surface area contributed by atoms with Crippen molar-refractivity contribution in [2.75, 3.05) is 126 Å². The van der Waals surface area contributed by atoms with Crippen LogP contribution >= 0.6 is 0 Å². The summed E-state index contributed by atoms with van der Waals surface area (Å²) in [6.45, 7) is 7.11. The maximum absolute atomic E-state index is 9.00. The Morgan fingerprint density at radius 2 is 0.345 bits per heavy atom. The van der Waals surface area contributed by atoms with Gasteiger partial charge in [-0.05, 0) is 20.8 Å². The van der Waals surface area contributed by atoms with Gasteiger partial charge < -0.3 is 85.3 Å². The summed E-state index contributed by atoms with van der Waals surface area (Å²) < 4.78 is 91.3. The maximum atomic E-state index is 9.00. The van der Waals surface area contributed by atoms with Gasteiger partial charge >= 0.3 is 34.1 Å². The van der Waals surface area contributed by atoms with Crippen molar-refractivity contribution in [3.63, 3.8) is 0 Å². The largest absolute Gasteiger partial charge is 0.496 e. The molecule has 30 heteroatoms. The Kier molecular flexibility index (Phi) is 34.0. The molecule has 6 aromatic carbocycles. The standard InChI is InChI=1S/C12H17N2O3.5C9H11N2O3/c1-4-15-9-7-10(16-5-2)12(14-13)11(8-9)17-6-3;5*1-12-6-4-7(13-2)9(11-10)8(5-6)14-3/h7-8H,4-6H2,1-3H3;5*4-5H,1-3H3/q6*+1. The summed E-state index contributed by atoms with van der Waals surface area (Å²) in [5.74, 6) is 8.33. The third-order valence-corrected chi connectivity index (χ3v) is 11.0. The molecule has 0 aliphatic heterocycles. The lowest BCUT2D eigenvalue weighted by Gasteiger charge is -2.08. The number of benzene rings is 6. The summed E-state index contributed by atoms with van der Waals surface area (Å²) in [6.07, 6.45) is 0. The summed E-state index contributed by atoms with van der Waals surface area (Å²) in [6, 6.07) is 19.5. The van der Waals surface area contributed by atoms with E-state index in [0.29, 0.717) is 123 Å². The van der Waals surface area contributed by atoms with Gasteiger partial charge in [0.2, 0.25) is 101 Å². The predicted octanol–water partition coefficient (Wildman–Crippen LogP) is 14.4. The molecule has 0 fully saturated rings. The van der Waals surface area contributed by atoms with Crippen molar-refractivity contribution >= 4 is 34.1 Å². The topological polar surface area (TPSA) is 335 Å². The summed E-state index contributed by atoms with van der Waals surface area (Å²) in [4.78, 5) is 18.6. The zero-order chi connectivity index (χ0) is 65.4. The predicted molar refractivity (Wildman–Crippen MR) is 319 cm³/mol. The molecule has 0 bridgehead atoms. The Hall–Kier alpha value is -11.8. The summed E-state index contributed by atoms with van der Waals surface area (Å²) in [5.41, 5.74) is 1.52. The molecule has 0 aliphatic rings. The Morgan fingerprint density at radius 3 is 0.460 bits per heavy atom. The molecule has 0 spiro atoms. The van der Waals surface area contributed by atoms with Gasteiger partial charge in [-0.1, -0.05) is 0 Å². The molecule has 0 amide bonds. The third kappa shape index (κ3) is 21.2. The molecule has 0 radical (unpaired) electrons. The maximum Gasteiger partial charge on any atom is 0.467 e. The van der Waals surface area contributed by atoms with Gasteiger partial charge in [0.25, 0.3) is 0 Å².